The summed E-state index contributed by atoms with van der Waals surface area (Å²) in [6, 6.07) is 1.86. The molecule has 0 aliphatic rings. The van der Waals surface area contributed by atoms with Crippen LogP contribution in [0.3, 0.4) is 0 Å². The third-order valence-electron chi connectivity index (χ3n) is 2.93. The van der Waals surface area contributed by atoms with Crippen LogP contribution in [0.15, 0.2) is 18.5 Å². The monoisotopic (exact) mass is 245 g/mol. The van der Waals surface area contributed by atoms with E-state index in [1.165, 1.54) is 5.56 Å². The zero-order valence-electron chi connectivity index (χ0n) is 11.1. The van der Waals surface area contributed by atoms with Gasteiger partial charge in [0.1, 0.15) is 5.82 Å². The van der Waals surface area contributed by atoms with Crippen molar-refractivity contribution >= 4 is 11.5 Å². The van der Waals surface area contributed by atoms with Crippen molar-refractivity contribution in [3.8, 4) is 0 Å². The molecule has 2 aromatic heterocycles. The molecule has 0 bridgehead atoms. The van der Waals surface area contributed by atoms with Crippen LogP contribution >= 0.6 is 0 Å². The predicted octanol–water partition coefficient (Wildman–Crippen LogP) is 1.88. The van der Waals surface area contributed by atoms with Gasteiger partial charge in [-0.15, -0.1) is 0 Å². The summed E-state index contributed by atoms with van der Waals surface area (Å²) in [5.41, 5.74) is 9.92. The highest BCUT2D eigenvalue weighted by atomic mass is 15.3. The molecule has 3 N–H and O–H groups in total. The van der Waals surface area contributed by atoms with Gasteiger partial charge in [-0.25, -0.2) is 4.98 Å². The average Bonchev–Trinajstić information content (AvgIpc) is 2.71. The smallest absolute Gasteiger partial charge is 0.128 e. The molecule has 0 unspecified atom stereocenters. The summed E-state index contributed by atoms with van der Waals surface area (Å²) in [6.07, 6.45) is 4.74. The van der Waals surface area contributed by atoms with Gasteiger partial charge in [0.05, 0.1) is 5.69 Å². The van der Waals surface area contributed by atoms with Crippen LogP contribution in [-0.2, 0) is 20.0 Å². The normalized spacial score (nSPS) is 10.6. The number of nitrogens with zero attached hydrogens (tertiary/aromatic N) is 3. The van der Waals surface area contributed by atoms with Crippen molar-refractivity contribution in [1.82, 2.24) is 14.8 Å². The Labute approximate surface area is 107 Å². The summed E-state index contributed by atoms with van der Waals surface area (Å²) in [5.74, 6) is 0.795. The average molecular weight is 245 g/mol. The summed E-state index contributed by atoms with van der Waals surface area (Å²) in [4.78, 5) is 4.30. The number of aryl methyl sites for hydroxylation is 3. The lowest BCUT2D eigenvalue weighted by atomic mass is 10.2. The first kappa shape index (κ1) is 12.4. The lowest BCUT2D eigenvalue weighted by Gasteiger charge is -2.07. The van der Waals surface area contributed by atoms with Crippen molar-refractivity contribution in [2.45, 2.75) is 26.8 Å². The van der Waals surface area contributed by atoms with Crippen LogP contribution in [-0.4, -0.2) is 14.8 Å². The maximum atomic E-state index is 5.85. The molecule has 0 amide bonds. The molecule has 0 aromatic carbocycles. The number of pyridine rings is 1. The molecule has 2 heterocycles. The van der Waals surface area contributed by atoms with E-state index in [9.17, 15) is 0 Å². The van der Waals surface area contributed by atoms with E-state index in [1.807, 2.05) is 30.9 Å². The van der Waals surface area contributed by atoms with Gasteiger partial charge in [0.15, 0.2) is 0 Å². The van der Waals surface area contributed by atoms with Crippen molar-refractivity contribution in [2.24, 2.45) is 7.05 Å². The molecule has 2 aromatic rings. The molecule has 0 aliphatic carbocycles. The Morgan fingerprint density at radius 3 is 2.89 bits per heavy atom. The van der Waals surface area contributed by atoms with Gasteiger partial charge in [-0.3, -0.25) is 4.68 Å². The van der Waals surface area contributed by atoms with E-state index in [2.05, 4.69) is 22.3 Å². The highest BCUT2D eigenvalue weighted by Gasteiger charge is 2.06. The summed E-state index contributed by atoms with van der Waals surface area (Å²) in [5, 5.41) is 7.68. The van der Waals surface area contributed by atoms with Crippen LogP contribution < -0.4 is 11.1 Å². The Morgan fingerprint density at radius 2 is 2.22 bits per heavy atom. The second kappa shape index (κ2) is 5.08. The Balaban J connectivity index is 2.08. The van der Waals surface area contributed by atoms with Crippen LogP contribution in [0.5, 0.6) is 0 Å². The third kappa shape index (κ3) is 2.61. The molecule has 0 radical (unpaired) electrons. The van der Waals surface area contributed by atoms with Crippen molar-refractivity contribution in [1.29, 1.82) is 0 Å². The Morgan fingerprint density at radius 1 is 1.44 bits per heavy atom. The SMILES string of the molecule is CCc1nn(C)cc1CNc1cc(N)c(C)cn1. The molecule has 5 heteroatoms. The molecule has 18 heavy (non-hydrogen) atoms. The Hall–Kier alpha value is -2.04. The standard InChI is InChI=1S/C13H19N5/c1-4-12-10(8-18(3)17-12)7-16-13-5-11(14)9(2)6-15-13/h5-6,8H,4,7H2,1-3H3,(H3,14,15,16). The number of rotatable bonds is 4. The summed E-state index contributed by atoms with van der Waals surface area (Å²) < 4.78 is 1.84. The molecule has 0 saturated carbocycles. The zero-order valence-corrected chi connectivity index (χ0v) is 11.1. The molecule has 0 spiro atoms. The fourth-order valence-electron chi connectivity index (χ4n) is 1.85. The van der Waals surface area contributed by atoms with Crippen LogP contribution in [0.4, 0.5) is 11.5 Å². The van der Waals surface area contributed by atoms with E-state index in [-0.39, 0.29) is 0 Å². The lowest BCUT2D eigenvalue weighted by molar-refractivity contribution is 0.746. The number of nitrogens with one attached hydrogen (secondary N) is 1. The van der Waals surface area contributed by atoms with Gasteiger partial charge in [0.25, 0.3) is 0 Å². The first-order valence-electron chi connectivity index (χ1n) is 6.07. The Kier molecular flexibility index (Phi) is 3.50. The predicted molar refractivity (Wildman–Crippen MR) is 73.3 cm³/mol. The largest absolute Gasteiger partial charge is 0.398 e. The van der Waals surface area contributed by atoms with E-state index in [1.54, 1.807) is 6.20 Å². The highest BCUT2D eigenvalue weighted by molar-refractivity contribution is 5.53. The van der Waals surface area contributed by atoms with Gasteiger partial charge in [-0.1, -0.05) is 6.92 Å². The van der Waals surface area contributed by atoms with E-state index in [0.29, 0.717) is 6.54 Å². The van der Waals surface area contributed by atoms with Crippen LogP contribution in [0.25, 0.3) is 0 Å². The second-order valence-corrected chi connectivity index (χ2v) is 4.41. The second-order valence-electron chi connectivity index (χ2n) is 4.41. The van der Waals surface area contributed by atoms with Gasteiger partial charge < -0.3 is 11.1 Å². The van der Waals surface area contributed by atoms with E-state index in [4.69, 9.17) is 5.73 Å². The number of nitrogens with two attached hydrogens (primary N) is 1. The van der Waals surface area contributed by atoms with Crippen molar-refractivity contribution < 1.29 is 0 Å². The molecule has 5 nitrogen and oxygen atoms in total. The van der Waals surface area contributed by atoms with E-state index >= 15 is 0 Å². The molecule has 2 rings (SSSR count). The first-order valence-corrected chi connectivity index (χ1v) is 6.07. The topological polar surface area (TPSA) is 68.8 Å². The highest BCUT2D eigenvalue weighted by Crippen LogP contribution is 2.15. The molecular weight excluding hydrogens is 226 g/mol. The van der Waals surface area contributed by atoms with E-state index < -0.39 is 0 Å². The fourth-order valence-corrected chi connectivity index (χ4v) is 1.85. The van der Waals surface area contributed by atoms with Gasteiger partial charge in [0.2, 0.25) is 0 Å². The van der Waals surface area contributed by atoms with Gasteiger partial charge >= 0.3 is 0 Å². The molecule has 0 aliphatic heterocycles. The van der Waals surface area contributed by atoms with Gasteiger partial charge in [-0.2, -0.15) is 5.10 Å². The summed E-state index contributed by atoms with van der Waals surface area (Å²) in [6.45, 7) is 4.77. The number of hydrogen-bond donors (Lipinski definition) is 2. The van der Waals surface area contributed by atoms with Crippen LogP contribution in [0.2, 0.25) is 0 Å². The lowest BCUT2D eigenvalue weighted by Crippen LogP contribution is -2.04. The molecule has 0 saturated heterocycles. The minimum atomic E-state index is 0.715. The van der Waals surface area contributed by atoms with Crippen molar-refractivity contribution in [3.05, 3.63) is 35.3 Å². The molecule has 0 fully saturated rings. The molecule has 96 valence electrons. The van der Waals surface area contributed by atoms with Crippen LogP contribution in [0.1, 0.15) is 23.7 Å². The van der Waals surface area contributed by atoms with E-state index in [0.717, 1.165) is 29.2 Å². The maximum absolute atomic E-state index is 5.85. The zero-order chi connectivity index (χ0) is 13.1. The van der Waals surface area contributed by atoms with Crippen molar-refractivity contribution in [3.63, 3.8) is 0 Å². The number of nitrogen functional groups attached to an aromatic ring is 1. The fraction of sp³-hybridized carbons (Fsp3) is 0.385. The quantitative estimate of drug-likeness (QED) is 0.863. The van der Waals surface area contributed by atoms with Gasteiger partial charge in [0, 0.05) is 43.3 Å². The first-order chi connectivity index (χ1) is 8.60. The van der Waals surface area contributed by atoms with Crippen molar-refractivity contribution in [2.75, 3.05) is 11.1 Å². The summed E-state index contributed by atoms with van der Waals surface area (Å²) in [7, 11) is 1.94. The van der Waals surface area contributed by atoms with Gasteiger partial charge in [-0.05, 0) is 18.9 Å². The molecule has 0 atom stereocenters. The molecular formula is C13H19N5. The number of aromatic nitrogens is 3. The Bertz CT molecular complexity index is 544. The third-order valence-corrected chi connectivity index (χ3v) is 2.93. The van der Waals surface area contributed by atoms with Crippen LogP contribution in [0, 0.1) is 6.92 Å². The number of hydrogen-bond acceptors (Lipinski definition) is 4. The minimum absolute atomic E-state index is 0.715. The minimum Gasteiger partial charge on any atom is -0.398 e. The summed E-state index contributed by atoms with van der Waals surface area (Å²) >= 11 is 0. The maximum Gasteiger partial charge on any atom is 0.128 e. The number of anilines is 2.